The van der Waals surface area contributed by atoms with Crippen molar-refractivity contribution in [3.63, 3.8) is 0 Å². The van der Waals surface area contributed by atoms with Crippen molar-refractivity contribution in [1.29, 1.82) is 0 Å². The summed E-state index contributed by atoms with van der Waals surface area (Å²) in [5.41, 5.74) is 2.92. The molecule has 34 heavy (non-hydrogen) atoms. The molecule has 1 aliphatic heterocycles. The van der Waals surface area contributed by atoms with Gasteiger partial charge in [0.25, 0.3) is 0 Å². The number of carbonyl (C=O) groups excluding carboxylic acids is 2. The number of rotatable bonds is 3. The first-order valence-corrected chi connectivity index (χ1v) is 12.1. The number of ketones is 1. The highest BCUT2D eigenvalue weighted by molar-refractivity contribution is 5.96. The van der Waals surface area contributed by atoms with Crippen LogP contribution < -0.4 is 10.7 Å². The first kappa shape index (κ1) is 22.6. The molecule has 1 fully saturated rings. The number of esters is 1. The summed E-state index contributed by atoms with van der Waals surface area (Å²) >= 11 is 0. The number of ether oxygens (including phenoxy) is 1. The summed E-state index contributed by atoms with van der Waals surface area (Å²) in [5.74, 6) is -1.87. The molecule has 1 N–H and O–H groups in total. The Hall–Kier alpha value is -3.15. The molecule has 2 aliphatic carbocycles. The summed E-state index contributed by atoms with van der Waals surface area (Å²) in [6.45, 7) is 7.76. The van der Waals surface area contributed by atoms with E-state index in [1.54, 1.807) is 12.1 Å². The van der Waals surface area contributed by atoms with Crippen LogP contribution in [0.25, 0.3) is 11.0 Å². The Balaban J connectivity index is 1.69. The molecule has 5 rings (SSSR count). The van der Waals surface area contributed by atoms with Gasteiger partial charge in [0.1, 0.15) is 17.5 Å². The van der Waals surface area contributed by atoms with Gasteiger partial charge in [0.15, 0.2) is 5.43 Å². The second-order valence-corrected chi connectivity index (χ2v) is 10.7. The van der Waals surface area contributed by atoms with E-state index in [1.807, 2.05) is 33.8 Å². The summed E-state index contributed by atoms with van der Waals surface area (Å²) in [5, 5.41) is 3.76. The van der Waals surface area contributed by atoms with E-state index in [2.05, 4.69) is 11.4 Å². The van der Waals surface area contributed by atoms with E-state index in [4.69, 9.17) is 9.15 Å². The fourth-order valence-corrected chi connectivity index (χ4v) is 5.77. The summed E-state index contributed by atoms with van der Waals surface area (Å²) in [6.07, 6.45) is 7.45. The Morgan fingerprint density at radius 3 is 2.59 bits per heavy atom. The Bertz CT molecular complexity index is 1310. The lowest BCUT2D eigenvalue weighted by molar-refractivity contribution is -0.144. The van der Waals surface area contributed by atoms with Crippen LogP contribution in [-0.2, 0) is 14.3 Å². The van der Waals surface area contributed by atoms with Crippen molar-refractivity contribution in [2.24, 2.45) is 11.3 Å². The van der Waals surface area contributed by atoms with E-state index in [-0.39, 0.29) is 22.7 Å². The molecule has 6 nitrogen and oxygen atoms in total. The van der Waals surface area contributed by atoms with E-state index in [0.717, 1.165) is 36.9 Å². The lowest BCUT2D eigenvalue weighted by Gasteiger charge is -2.41. The van der Waals surface area contributed by atoms with Crippen molar-refractivity contribution in [3.05, 3.63) is 68.9 Å². The smallest absolute Gasteiger partial charge is 0.336 e. The van der Waals surface area contributed by atoms with Crippen LogP contribution in [0.1, 0.15) is 69.9 Å². The number of hydrogen-bond donors (Lipinski definition) is 1. The average Bonchev–Trinajstić information content (AvgIpc) is 3.25. The minimum absolute atomic E-state index is 0.00223. The number of nitrogens with one attached hydrogen (secondary N) is 1. The molecule has 6 heteroatoms. The lowest BCUT2D eigenvalue weighted by Crippen LogP contribution is -2.44. The summed E-state index contributed by atoms with van der Waals surface area (Å²) in [4.78, 5) is 40.7. The van der Waals surface area contributed by atoms with Gasteiger partial charge < -0.3 is 14.5 Å². The Morgan fingerprint density at radius 1 is 1.12 bits per heavy atom. The van der Waals surface area contributed by atoms with Gasteiger partial charge in [-0.25, -0.2) is 4.79 Å². The zero-order valence-corrected chi connectivity index (χ0v) is 20.2. The van der Waals surface area contributed by atoms with Crippen LogP contribution in [-0.4, -0.2) is 17.9 Å². The Kier molecular flexibility index (Phi) is 5.50. The zero-order chi connectivity index (χ0) is 24.2. The number of Topliss-reactive ketones (excluding diaryl/α,β-unsaturated/α-hetero) is 1. The van der Waals surface area contributed by atoms with Crippen LogP contribution in [0, 0.1) is 18.3 Å². The fourth-order valence-electron chi connectivity index (χ4n) is 5.77. The maximum atomic E-state index is 13.7. The topological polar surface area (TPSA) is 85.6 Å². The predicted molar refractivity (Wildman–Crippen MR) is 129 cm³/mol. The van der Waals surface area contributed by atoms with Gasteiger partial charge in [-0.3, -0.25) is 9.59 Å². The van der Waals surface area contributed by atoms with Crippen LogP contribution in [0.5, 0.6) is 0 Å². The number of aryl methyl sites for hydroxylation is 1. The molecule has 0 bridgehead atoms. The van der Waals surface area contributed by atoms with E-state index < -0.39 is 17.8 Å². The second kappa shape index (κ2) is 8.26. The summed E-state index contributed by atoms with van der Waals surface area (Å²) < 4.78 is 11.7. The van der Waals surface area contributed by atoms with Crippen molar-refractivity contribution < 1.29 is 18.7 Å². The highest BCUT2D eigenvalue weighted by atomic mass is 16.5. The first-order chi connectivity index (χ1) is 16.1. The highest BCUT2D eigenvalue weighted by Crippen LogP contribution is 2.46. The summed E-state index contributed by atoms with van der Waals surface area (Å²) in [7, 11) is 0. The molecule has 1 aromatic heterocycles. The van der Waals surface area contributed by atoms with Gasteiger partial charge in [-0.15, -0.1) is 0 Å². The quantitative estimate of drug-likeness (QED) is 0.644. The standard InChI is InChI=1S/C28H31NO5/c1-15-9-10-22-18(11-15)26(31)19(14-33-22)24-23(27(32)34-17-7-5-6-8-17)16(2)29-20-12-28(3,4)13-21(30)25(20)24/h9-12,14,17,24-25,29H,5-8,13H2,1-4H3. The molecule has 2 aromatic rings. The third kappa shape index (κ3) is 3.89. The van der Waals surface area contributed by atoms with Gasteiger partial charge in [0.2, 0.25) is 0 Å². The highest BCUT2D eigenvalue weighted by Gasteiger charge is 2.47. The number of allylic oxidation sites excluding steroid dienone is 3. The molecule has 0 amide bonds. The van der Waals surface area contributed by atoms with Gasteiger partial charge in [-0.2, -0.15) is 0 Å². The normalized spacial score (nSPS) is 24.6. The van der Waals surface area contributed by atoms with Crippen LogP contribution >= 0.6 is 0 Å². The van der Waals surface area contributed by atoms with Gasteiger partial charge >= 0.3 is 5.97 Å². The third-order valence-corrected chi connectivity index (χ3v) is 7.32. The molecule has 0 radical (unpaired) electrons. The van der Waals surface area contributed by atoms with Crippen LogP contribution in [0.2, 0.25) is 0 Å². The van der Waals surface area contributed by atoms with E-state index >= 15 is 0 Å². The number of carbonyl (C=O) groups is 2. The number of hydrogen-bond acceptors (Lipinski definition) is 6. The van der Waals surface area contributed by atoms with Crippen LogP contribution in [0.3, 0.4) is 0 Å². The molecule has 0 spiro atoms. The Morgan fingerprint density at radius 2 is 1.85 bits per heavy atom. The minimum Gasteiger partial charge on any atom is -0.464 e. The molecule has 3 aliphatic rings. The van der Waals surface area contributed by atoms with E-state index in [1.165, 1.54) is 6.26 Å². The maximum Gasteiger partial charge on any atom is 0.336 e. The first-order valence-electron chi connectivity index (χ1n) is 12.1. The van der Waals surface area contributed by atoms with Crippen molar-refractivity contribution in [2.45, 2.75) is 71.8 Å². The van der Waals surface area contributed by atoms with Crippen molar-refractivity contribution in [1.82, 2.24) is 5.32 Å². The molecular weight excluding hydrogens is 430 g/mol. The monoisotopic (exact) mass is 461 g/mol. The van der Waals surface area contributed by atoms with Crippen molar-refractivity contribution in [2.75, 3.05) is 0 Å². The predicted octanol–water partition coefficient (Wildman–Crippen LogP) is 5.05. The molecule has 0 saturated heterocycles. The van der Waals surface area contributed by atoms with Gasteiger partial charge in [0.05, 0.1) is 23.1 Å². The van der Waals surface area contributed by atoms with Gasteiger partial charge in [-0.1, -0.05) is 31.6 Å². The van der Waals surface area contributed by atoms with Crippen LogP contribution in [0.15, 0.2) is 56.7 Å². The molecule has 2 unspecified atom stereocenters. The molecule has 2 atom stereocenters. The molecule has 1 saturated carbocycles. The van der Waals surface area contributed by atoms with E-state index in [0.29, 0.717) is 34.2 Å². The largest absolute Gasteiger partial charge is 0.464 e. The van der Waals surface area contributed by atoms with Crippen molar-refractivity contribution >= 4 is 22.7 Å². The molecule has 178 valence electrons. The lowest BCUT2D eigenvalue weighted by atomic mass is 9.66. The fraction of sp³-hybridized carbons (Fsp3) is 0.464. The Labute approximate surface area is 199 Å². The van der Waals surface area contributed by atoms with Gasteiger partial charge in [-0.05, 0) is 57.1 Å². The molecule has 2 heterocycles. The SMILES string of the molecule is CC1=C(C(=O)OC2CCCC2)C(c2coc3ccc(C)cc3c2=O)C2C(=O)CC(C)(C)C=C2N1. The molecule has 1 aromatic carbocycles. The minimum atomic E-state index is -0.758. The van der Waals surface area contributed by atoms with E-state index in [9.17, 15) is 14.4 Å². The third-order valence-electron chi connectivity index (χ3n) is 7.32. The number of benzene rings is 1. The summed E-state index contributed by atoms with van der Waals surface area (Å²) in [6, 6.07) is 5.45. The maximum absolute atomic E-state index is 13.7. The van der Waals surface area contributed by atoms with Crippen LogP contribution in [0.4, 0.5) is 0 Å². The van der Waals surface area contributed by atoms with Gasteiger partial charge in [0, 0.05) is 29.3 Å². The zero-order valence-electron chi connectivity index (χ0n) is 20.2. The van der Waals surface area contributed by atoms with Crippen molar-refractivity contribution in [3.8, 4) is 0 Å². The molecular formula is C28H31NO5. The average molecular weight is 462 g/mol. The number of fused-ring (bicyclic) bond motifs is 2. The second-order valence-electron chi connectivity index (χ2n) is 10.7.